The van der Waals surface area contributed by atoms with E-state index in [1.54, 1.807) is 6.07 Å². The molecule has 1 aromatic rings. The quantitative estimate of drug-likeness (QED) is 0.883. The van der Waals surface area contributed by atoms with Crippen LogP contribution in [0.4, 0.5) is 5.69 Å². The standard InChI is InChI=1S/C11H13BrN2O/c1-8(4-5-15)14-10-3-2-9(7-13)11(12)6-10/h2-3,6,8,14-15H,4-5H2,1H3. The van der Waals surface area contributed by atoms with E-state index < -0.39 is 0 Å². The van der Waals surface area contributed by atoms with Crippen LogP contribution in [0.15, 0.2) is 22.7 Å². The van der Waals surface area contributed by atoms with Gasteiger partial charge >= 0.3 is 0 Å². The van der Waals surface area contributed by atoms with Crippen LogP contribution in [-0.2, 0) is 0 Å². The summed E-state index contributed by atoms with van der Waals surface area (Å²) in [5.41, 5.74) is 1.57. The number of aliphatic hydroxyl groups excluding tert-OH is 1. The first-order valence-corrected chi connectivity index (χ1v) is 5.53. The predicted octanol–water partition coefficient (Wildman–Crippen LogP) is 2.50. The maximum atomic E-state index is 8.76. The minimum absolute atomic E-state index is 0.172. The summed E-state index contributed by atoms with van der Waals surface area (Å²) in [5.74, 6) is 0. The summed E-state index contributed by atoms with van der Waals surface area (Å²) in [6, 6.07) is 7.79. The van der Waals surface area contributed by atoms with E-state index in [0.29, 0.717) is 12.0 Å². The number of nitrogens with one attached hydrogen (secondary N) is 1. The fourth-order valence-electron chi connectivity index (χ4n) is 1.25. The number of halogens is 1. The van der Waals surface area contributed by atoms with Crippen LogP contribution in [0.25, 0.3) is 0 Å². The summed E-state index contributed by atoms with van der Waals surface area (Å²) >= 11 is 3.32. The largest absolute Gasteiger partial charge is 0.396 e. The Kier molecular flexibility index (Phi) is 4.60. The van der Waals surface area contributed by atoms with Crippen molar-refractivity contribution < 1.29 is 5.11 Å². The molecule has 3 nitrogen and oxygen atoms in total. The third-order valence-corrected chi connectivity index (χ3v) is 2.72. The van der Waals surface area contributed by atoms with Crippen molar-refractivity contribution in [3.63, 3.8) is 0 Å². The van der Waals surface area contributed by atoms with Gasteiger partial charge in [-0.3, -0.25) is 0 Å². The van der Waals surface area contributed by atoms with Gasteiger partial charge in [-0.05, 0) is 47.5 Å². The maximum absolute atomic E-state index is 8.76. The molecule has 4 heteroatoms. The molecule has 0 radical (unpaired) electrons. The molecule has 0 saturated heterocycles. The second-order valence-corrected chi connectivity index (χ2v) is 4.22. The molecule has 1 rings (SSSR count). The first-order chi connectivity index (χ1) is 7.17. The van der Waals surface area contributed by atoms with Crippen LogP contribution in [0.5, 0.6) is 0 Å². The van der Waals surface area contributed by atoms with Crippen LogP contribution in [0, 0.1) is 11.3 Å². The number of rotatable bonds is 4. The van der Waals surface area contributed by atoms with E-state index >= 15 is 0 Å². The average molecular weight is 269 g/mol. The van der Waals surface area contributed by atoms with Crippen molar-refractivity contribution in [3.8, 4) is 6.07 Å². The maximum Gasteiger partial charge on any atom is 0.100 e. The van der Waals surface area contributed by atoms with Gasteiger partial charge in [0.25, 0.3) is 0 Å². The fourth-order valence-corrected chi connectivity index (χ4v) is 1.71. The molecule has 0 aliphatic rings. The molecule has 0 spiro atoms. The monoisotopic (exact) mass is 268 g/mol. The molecule has 1 unspecified atom stereocenters. The molecule has 0 bridgehead atoms. The zero-order valence-corrected chi connectivity index (χ0v) is 10.1. The van der Waals surface area contributed by atoms with Crippen molar-refractivity contribution in [3.05, 3.63) is 28.2 Å². The highest BCUT2D eigenvalue weighted by Gasteiger charge is 2.03. The van der Waals surface area contributed by atoms with Gasteiger partial charge in [0.15, 0.2) is 0 Å². The number of anilines is 1. The molecular weight excluding hydrogens is 256 g/mol. The highest BCUT2D eigenvalue weighted by Crippen LogP contribution is 2.21. The summed E-state index contributed by atoms with van der Waals surface area (Å²) in [5, 5.41) is 20.7. The van der Waals surface area contributed by atoms with Gasteiger partial charge in [-0.15, -0.1) is 0 Å². The zero-order chi connectivity index (χ0) is 11.3. The van der Waals surface area contributed by atoms with Gasteiger partial charge in [0.2, 0.25) is 0 Å². The number of nitrogens with zero attached hydrogens (tertiary/aromatic N) is 1. The minimum atomic E-state index is 0.172. The number of hydrogen-bond donors (Lipinski definition) is 2. The van der Waals surface area contributed by atoms with E-state index in [9.17, 15) is 0 Å². The summed E-state index contributed by atoms with van der Waals surface area (Å²) in [6.45, 7) is 2.17. The van der Waals surface area contributed by atoms with Crippen molar-refractivity contribution in [1.29, 1.82) is 5.26 Å². The second kappa shape index (κ2) is 5.74. The summed E-state index contributed by atoms with van der Waals surface area (Å²) in [7, 11) is 0. The molecule has 0 aliphatic heterocycles. The molecule has 0 saturated carbocycles. The molecule has 80 valence electrons. The van der Waals surface area contributed by atoms with Crippen molar-refractivity contribution in [2.75, 3.05) is 11.9 Å². The lowest BCUT2D eigenvalue weighted by Gasteiger charge is -2.14. The molecule has 0 heterocycles. The normalized spacial score (nSPS) is 11.9. The Morgan fingerprint density at radius 3 is 2.87 bits per heavy atom. The summed E-state index contributed by atoms with van der Waals surface area (Å²) in [4.78, 5) is 0. The van der Waals surface area contributed by atoms with E-state index in [-0.39, 0.29) is 12.6 Å². The Bertz CT molecular complexity index is 373. The Morgan fingerprint density at radius 1 is 1.60 bits per heavy atom. The molecule has 0 aliphatic carbocycles. The third kappa shape index (κ3) is 3.54. The van der Waals surface area contributed by atoms with E-state index in [4.69, 9.17) is 10.4 Å². The highest BCUT2D eigenvalue weighted by molar-refractivity contribution is 9.10. The lowest BCUT2D eigenvalue weighted by atomic mass is 10.2. The number of nitriles is 1. The third-order valence-electron chi connectivity index (χ3n) is 2.06. The molecule has 2 N–H and O–H groups in total. The zero-order valence-electron chi connectivity index (χ0n) is 8.50. The first kappa shape index (κ1) is 12.0. The number of aliphatic hydroxyl groups is 1. The van der Waals surface area contributed by atoms with Gasteiger partial charge < -0.3 is 10.4 Å². The van der Waals surface area contributed by atoms with Gasteiger partial charge in [0, 0.05) is 22.8 Å². The van der Waals surface area contributed by atoms with Gasteiger partial charge in [-0.25, -0.2) is 0 Å². The Hall–Kier alpha value is -1.05. The van der Waals surface area contributed by atoms with E-state index in [1.807, 2.05) is 19.1 Å². The molecule has 0 amide bonds. The fraction of sp³-hybridized carbons (Fsp3) is 0.364. The van der Waals surface area contributed by atoms with Gasteiger partial charge in [0.1, 0.15) is 6.07 Å². The van der Waals surface area contributed by atoms with Crippen LogP contribution >= 0.6 is 15.9 Å². The Labute approximate surface area is 97.9 Å². The average Bonchev–Trinajstić information content (AvgIpc) is 2.18. The molecular formula is C11H13BrN2O. The topological polar surface area (TPSA) is 56.0 Å². The van der Waals surface area contributed by atoms with Crippen LogP contribution < -0.4 is 5.32 Å². The van der Waals surface area contributed by atoms with Crippen molar-refractivity contribution in [2.24, 2.45) is 0 Å². The first-order valence-electron chi connectivity index (χ1n) is 4.74. The van der Waals surface area contributed by atoms with Crippen molar-refractivity contribution in [2.45, 2.75) is 19.4 Å². The van der Waals surface area contributed by atoms with Crippen LogP contribution in [0.2, 0.25) is 0 Å². The molecule has 0 fully saturated rings. The highest BCUT2D eigenvalue weighted by atomic mass is 79.9. The van der Waals surface area contributed by atoms with Crippen LogP contribution in [0.1, 0.15) is 18.9 Å². The van der Waals surface area contributed by atoms with E-state index in [2.05, 4.69) is 27.3 Å². The molecule has 15 heavy (non-hydrogen) atoms. The smallest absolute Gasteiger partial charge is 0.100 e. The molecule has 0 aromatic heterocycles. The predicted molar refractivity (Wildman–Crippen MR) is 63.6 cm³/mol. The summed E-state index contributed by atoms with van der Waals surface area (Å²) < 4.78 is 0.784. The lowest BCUT2D eigenvalue weighted by Crippen LogP contribution is -2.16. The SMILES string of the molecule is CC(CCO)Nc1ccc(C#N)c(Br)c1. The molecule has 1 atom stereocenters. The van der Waals surface area contributed by atoms with E-state index in [0.717, 1.165) is 10.2 Å². The Morgan fingerprint density at radius 2 is 2.33 bits per heavy atom. The number of benzene rings is 1. The second-order valence-electron chi connectivity index (χ2n) is 3.36. The summed E-state index contributed by atoms with van der Waals surface area (Å²) in [6.07, 6.45) is 0.706. The van der Waals surface area contributed by atoms with Crippen LogP contribution in [0.3, 0.4) is 0 Å². The van der Waals surface area contributed by atoms with Crippen molar-refractivity contribution >= 4 is 21.6 Å². The van der Waals surface area contributed by atoms with Gasteiger partial charge in [0.05, 0.1) is 5.56 Å². The Balaban J connectivity index is 2.72. The van der Waals surface area contributed by atoms with Crippen molar-refractivity contribution in [1.82, 2.24) is 0 Å². The van der Waals surface area contributed by atoms with Gasteiger partial charge in [-0.2, -0.15) is 5.26 Å². The molecule has 1 aromatic carbocycles. The van der Waals surface area contributed by atoms with Gasteiger partial charge in [-0.1, -0.05) is 0 Å². The lowest BCUT2D eigenvalue weighted by molar-refractivity contribution is 0.282. The van der Waals surface area contributed by atoms with Crippen LogP contribution in [-0.4, -0.2) is 17.8 Å². The van der Waals surface area contributed by atoms with E-state index in [1.165, 1.54) is 0 Å². The minimum Gasteiger partial charge on any atom is -0.396 e. The number of hydrogen-bond acceptors (Lipinski definition) is 3.